The van der Waals surface area contributed by atoms with Gasteiger partial charge in [0, 0.05) is 12.7 Å². The molecule has 0 bridgehead atoms. The lowest BCUT2D eigenvalue weighted by Crippen LogP contribution is -2.01. The van der Waals surface area contributed by atoms with Crippen molar-refractivity contribution in [3.05, 3.63) is 52.5 Å². The number of hydrogen-bond donors (Lipinski definition) is 0. The van der Waals surface area contributed by atoms with Crippen molar-refractivity contribution in [1.82, 2.24) is 9.78 Å². The highest BCUT2D eigenvalue weighted by Crippen LogP contribution is 2.08. The van der Waals surface area contributed by atoms with Crippen LogP contribution >= 0.6 is 15.9 Å². The summed E-state index contributed by atoms with van der Waals surface area (Å²) >= 11 is 3.33. The van der Waals surface area contributed by atoms with Crippen LogP contribution < -0.4 is 0 Å². The molecule has 1 aromatic carbocycles. The summed E-state index contributed by atoms with van der Waals surface area (Å²) in [5, 5.41) is 4.14. The number of aromatic nitrogens is 2. The van der Waals surface area contributed by atoms with E-state index in [4.69, 9.17) is 0 Å². The standard InChI is InChI=1S/C11H10BrFN2/c12-10-7-14-15(8-10)6-5-9-1-3-11(13)4-2-9/h1-4,7-8H,5-6H2. The Kier molecular flexibility index (Phi) is 3.16. The first-order chi connectivity index (χ1) is 7.24. The second kappa shape index (κ2) is 4.57. The van der Waals surface area contributed by atoms with Gasteiger partial charge in [-0.2, -0.15) is 5.10 Å². The van der Waals surface area contributed by atoms with E-state index in [-0.39, 0.29) is 5.82 Å². The van der Waals surface area contributed by atoms with Crippen LogP contribution in [0.15, 0.2) is 41.1 Å². The third-order valence-electron chi connectivity index (χ3n) is 2.14. The van der Waals surface area contributed by atoms with Gasteiger partial charge in [-0.05, 0) is 40.0 Å². The van der Waals surface area contributed by atoms with E-state index in [1.54, 1.807) is 18.3 Å². The number of hydrogen-bond acceptors (Lipinski definition) is 1. The van der Waals surface area contributed by atoms with E-state index in [2.05, 4.69) is 21.0 Å². The van der Waals surface area contributed by atoms with Crippen molar-refractivity contribution < 1.29 is 4.39 Å². The number of benzene rings is 1. The van der Waals surface area contributed by atoms with Gasteiger partial charge in [0.25, 0.3) is 0 Å². The summed E-state index contributed by atoms with van der Waals surface area (Å²) in [6, 6.07) is 6.56. The van der Waals surface area contributed by atoms with Crippen LogP contribution in [0, 0.1) is 5.82 Å². The second-order valence-corrected chi connectivity index (χ2v) is 4.21. The van der Waals surface area contributed by atoms with Crippen molar-refractivity contribution in [1.29, 1.82) is 0 Å². The van der Waals surface area contributed by atoms with Crippen molar-refractivity contribution in [2.75, 3.05) is 0 Å². The highest BCUT2D eigenvalue weighted by molar-refractivity contribution is 9.10. The predicted octanol–water partition coefficient (Wildman–Crippen LogP) is 3.03. The number of nitrogens with zero attached hydrogens (tertiary/aromatic N) is 2. The molecule has 1 aromatic heterocycles. The Hall–Kier alpha value is -1.16. The van der Waals surface area contributed by atoms with Crippen LogP contribution in [0.4, 0.5) is 4.39 Å². The lowest BCUT2D eigenvalue weighted by Gasteiger charge is -2.01. The molecule has 0 fully saturated rings. The van der Waals surface area contributed by atoms with E-state index in [1.807, 2.05) is 10.9 Å². The maximum Gasteiger partial charge on any atom is 0.123 e. The minimum absolute atomic E-state index is 0.194. The Morgan fingerprint density at radius 1 is 1.27 bits per heavy atom. The quantitative estimate of drug-likeness (QED) is 0.837. The van der Waals surface area contributed by atoms with Crippen LogP contribution in [0.5, 0.6) is 0 Å². The van der Waals surface area contributed by atoms with Crippen LogP contribution in [0.1, 0.15) is 5.56 Å². The van der Waals surface area contributed by atoms with Crippen LogP contribution in [-0.2, 0) is 13.0 Å². The lowest BCUT2D eigenvalue weighted by molar-refractivity contribution is 0.609. The van der Waals surface area contributed by atoms with Crippen LogP contribution in [0.25, 0.3) is 0 Å². The summed E-state index contributed by atoms with van der Waals surface area (Å²) < 4.78 is 15.5. The highest BCUT2D eigenvalue weighted by Gasteiger charge is 1.97. The molecule has 0 unspecified atom stereocenters. The van der Waals surface area contributed by atoms with Gasteiger partial charge < -0.3 is 0 Å². The zero-order chi connectivity index (χ0) is 10.7. The van der Waals surface area contributed by atoms with Gasteiger partial charge in [-0.15, -0.1) is 0 Å². The first-order valence-corrected chi connectivity index (χ1v) is 5.46. The molecule has 1 heterocycles. The molecule has 0 aliphatic carbocycles. The molecule has 0 atom stereocenters. The Morgan fingerprint density at radius 2 is 2.00 bits per heavy atom. The Bertz CT molecular complexity index is 436. The molecule has 0 radical (unpaired) electrons. The van der Waals surface area contributed by atoms with Gasteiger partial charge in [-0.25, -0.2) is 4.39 Å². The normalized spacial score (nSPS) is 10.5. The SMILES string of the molecule is Fc1ccc(CCn2cc(Br)cn2)cc1. The summed E-state index contributed by atoms with van der Waals surface area (Å²) in [5.74, 6) is -0.194. The maximum absolute atomic E-state index is 12.6. The van der Waals surface area contributed by atoms with Crippen molar-refractivity contribution in [3.8, 4) is 0 Å². The molecule has 0 spiro atoms. The number of halogens is 2. The minimum Gasteiger partial charge on any atom is -0.271 e. The third-order valence-corrected chi connectivity index (χ3v) is 2.55. The van der Waals surface area contributed by atoms with E-state index in [9.17, 15) is 4.39 Å². The van der Waals surface area contributed by atoms with Gasteiger partial charge in [0.15, 0.2) is 0 Å². The van der Waals surface area contributed by atoms with Crippen LogP contribution in [-0.4, -0.2) is 9.78 Å². The molecule has 0 saturated heterocycles. The van der Waals surface area contributed by atoms with Crippen molar-refractivity contribution >= 4 is 15.9 Å². The monoisotopic (exact) mass is 268 g/mol. The average molecular weight is 269 g/mol. The fourth-order valence-electron chi connectivity index (χ4n) is 1.36. The first-order valence-electron chi connectivity index (χ1n) is 4.66. The predicted molar refractivity (Wildman–Crippen MR) is 60.0 cm³/mol. The van der Waals surface area contributed by atoms with Crippen molar-refractivity contribution in [2.45, 2.75) is 13.0 Å². The van der Waals surface area contributed by atoms with E-state index in [0.29, 0.717) is 0 Å². The molecule has 0 aliphatic heterocycles. The molecule has 0 saturated carbocycles. The summed E-state index contributed by atoms with van der Waals surface area (Å²) in [6.45, 7) is 0.803. The minimum atomic E-state index is -0.194. The van der Waals surface area contributed by atoms with Crippen molar-refractivity contribution in [2.24, 2.45) is 0 Å². The lowest BCUT2D eigenvalue weighted by atomic mass is 10.1. The largest absolute Gasteiger partial charge is 0.271 e. The van der Waals surface area contributed by atoms with E-state index in [0.717, 1.165) is 23.0 Å². The third kappa shape index (κ3) is 2.89. The Balaban J connectivity index is 1.96. The van der Waals surface area contributed by atoms with E-state index < -0.39 is 0 Å². The number of aryl methyl sites for hydroxylation is 2. The van der Waals surface area contributed by atoms with Gasteiger partial charge in [-0.3, -0.25) is 4.68 Å². The summed E-state index contributed by atoms with van der Waals surface area (Å²) in [5.41, 5.74) is 1.11. The summed E-state index contributed by atoms with van der Waals surface area (Å²) in [4.78, 5) is 0. The second-order valence-electron chi connectivity index (χ2n) is 3.30. The van der Waals surface area contributed by atoms with Crippen LogP contribution in [0.3, 0.4) is 0 Å². The van der Waals surface area contributed by atoms with Gasteiger partial charge >= 0.3 is 0 Å². The molecular weight excluding hydrogens is 259 g/mol. The molecular formula is C11H10BrFN2. The van der Waals surface area contributed by atoms with Crippen molar-refractivity contribution in [3.63, 3.8) is 0 Å². The molecule has 4 heteroatoms. The topological polar surface area (TPSA) is 17.8 Å². The average Bonchev–Trinajstić information content (AvgIpc) is 2.64. The molecule has 78 valence electrons. The Labute approximate surface area is 95.9 Å². The molecule has 2 nitrogen and oxygen atoms in total. The molecule has 15 heavy (non-hydrogen) atoms. The molecule has 0 amide bonds. The van der Waals surface area contributed by atoms with E-state index >= 15 is 0 Å². The van der Waals surface area contributed by atoms with Gasteiger partial charge in [-0.1, -0.05) is 12.1 Å². The summed E-state index contributed by atoms with van der Waals surface area (Å²) in [6.07, 6.45) is 4.53. The fraction of sp³-hybridized carbons (Fsp3) is 0.182. The highest BCUT2D eigenvalue weighted by atomic mass is 79.9. The maximum atomic E-state index is 12.6. The van der Waals surface area contributed by atoms with E-state index in [1.165, 1.54) is 12.1 Å². The molecule has 2 rings (SSSR count). The van der Waals surface area contributed by atoms with Gasteiger partial charge in [0.1, 0.15) is 5.82 Å². The number of rotatable bonds is 3. The first kappa shape index (κ1) is 10.4. The molecule has 2 aromatic rings. The van der Waals surface area contributed by atoms with Gasteiger partial charge in [0.2, 0.25) is 0 Å². The van der Waals surface area contributed by atoms with Gasteiger partial charge in [0.05, 0.1) is 10.7 Å². The summed E-state index contributed by atoms with van der Waals surface area (Å²) in [7, 11) is 0. The zero-order valence-electron chi connectivity index (χ0n) is 8.03. The fourth-order valence-corrected chi connectivity index (χ4v) is 1.68. The Morgan fingerprint density at radius 3 is 2.60 bits per heavy atom. The zero-order valence-corrected chi connectivity index (χ0v) is 9.61. The smallest absolute Gasteiger partial charge is 0.123 e. The van der Waals surface area contributed by atoms with Crippen LogP contribution in [0.2, 0.25) is 0 Å². The molecule has 0 aliphatic rings. The molecule has 0 N–H and O–H groups in total.